The third kappa shape index (κ3) is 7.07. The summed E-state index contributed by atoms with van der Waals surface area (Å²) in [5.41, 5.74) is 1.28. The molecule has 2 heterocycles. The van der Waals surface area contributed by atoms with Gasteiger partial charge in [-0.05, 0) is 55.5 Å². The van der Waals surface area contributed by atoms with E-state index in [2.05, 4.69) is 5.32 Å². The molecule has 0 bridgehead atoms. The molecule has 1 aromatic heterocycles. The molecule has 2 fully saturated rings. The molecular formula is C31H36FN3O5. The summed E-state index contributed by atoms with van der Waals surface area (Å²) in [6.07, 6.45) is 8.21. The summed E-state index contributed by atoms with van der Waals surface area (Å²) in [7, 11) is 0. The number of nitrogens with zero attached hydrogens (tertiary/aromatic N) is 2. The summed E-state index contributed by atoms with van der Waals surface area (Å²) < 4.78 is 25.1. The Morgan fingerprint density at radius 3 is 2.45 bits per heavy atom. The second-order valence-corrected chi connectivity index (χ2v) is 10.8. The summed E-state index contributed by atoms with van der Waals surface area (Å²) in [6.45, 7) is 0.918. The van der Waals surface area contributed by atoms with E-state index in [-0.39, 0.29) is 55.0 Å². The van der Waals surface area contributed by atoms with Crippen molar-refractivity contribution in [2.45, 2.75) is 70.2 Å². The SMILES string of the molecule is O=C(CN(CC1CCCO1)C(=O)NC1CCCCC1)N(Cc1ccc(F)cc1)Cc1coc2ccccc2c1=O. The molecule has 2 aromatic carbocycles. The molecule has 1 saturated heterocycles. The van der Waals surface area contributed by atoms with Crippen molar-refractivity contribution >= 4 is 22.9 Å². The fourth-order valence-electron chi connectivity index (χ4n) is 5.50. The van der Waals surface area contributed by atoms with Crippen molar-refractivity contribution in [3.05, 3.63) is 82.0 Å². The van der Waals surface area contributed by atoms with Gasteiger partial charge in [-0.15, -0.1) is 0 Å². The van der Waals surface area contributed by atoms with Crippen LogP contribution in [0, 0.1) is 5.82 Å². The summed E-state index contributed by atoms with van der Waals surface area (Å²) >= 11 is 0. The average Bonchev–Trinajstić information content (AvgIpc) is 3.48. The number of urea groups is 1. The van der Waals surface area contributed by atoms with Gasteiger partial charge in [0.2, 0.25) is 5.91 Å². The molecule has 3 aromatic rings. The molecule has 40 heavy (non-hydrogen) atoms. The first-order valence-electron chi connectivity index (χ1n) is 14.1. The Balaban J connectivity index is 1.38. The lowest BCUT2D eigenvalue weighted by Gasteiger charge is -2.31. The summed E-state index contributed by atoms with van der Waals surface area (Å²) in [4.78, 5) is 43.5. The molecule has 0 radical (unpaired) electrons. The topological polar surface area (TPSA) is 92.1 Å². The number of hydrogen-bond donors (Lipinski definition) is 1. The number of rotatable bonds is 9. The Bertz CT molecular complexity index is 1360. The highest BCUT2D eigenvalue weighted by Gasteiger charge is 2.28. The van der Waals surface area contributed by atoms with Gasteiger partial charge < -0.3 is 24.3 Å². The Hall–Kier alpha value is -3.72. The van der Waals surface area contributed by atoms with E-state index < -0.39 is 0 Å². The second kappa shape index (κ2) is 13.1. The molecule has 1 atom stereocenters. The van der Waals surface area contributed by atoms with Crippen molar-refractivity contribution in [2.24, 2.45) is 0 Å². The minimum Gasteiger partial charge on any atom is -0.464 e. The molecule has 212 valence electrons. The molecule has 0 spiro atoms. The van der Waals surface area contributed by atoms with Gasteiger partial charge in [0.1, 0.15) is 17.9 Å². The van der Waals surface area contributed by atoms with Gasteiger partial charge in [-0.1, -0.05) is 43.5 Å². The number of halogens is 1. The number of carbonyl (C=O) groups excluding carboxylic acids is 2. The molecule has 1 aliphatic heterocycles. The van der Waals surface area contributed by atoms with Crippen LogP contribution in [0.5, 0.6) is 0 Å². The Morgan fingerprint density at radius 2 is 1.70 bits per heavy atom. The molecule has 5 rings (SSSR count). The van der Waals surface area contributed by atoms with Crippen LogP contribution in [0.2, 0.25) is 0 Å². The Morgan fingerprint density at radius 1 is 0.925 bits per heavy atom. The van der Waals surface area contributed by atoms with E-state index in [0.717, 1.165) is 38.5 Å². The number of para-hydroxylation sites is 1. The van der Waals surface area contributed by atoms with Gasteiger partial charge in [-0.25, -0.2) is 9.18 Å². The van der Waals surface area contributed by atoms with Crippen LogP contribution >= 0.6 is 0 Å². The Labute approximate surface area is 233 Å². The molecule has 3 amide bonds. The zero-order valence-electron chi connectivity index (χ0n) is 22.6. The smallest absolute Gasteiger partial charge is 0.318 e. The van der Waals surface area contributed by atoms with Gasteiger partial charge in [-0.3, -0.25) is 9.59 Å². The van der Waals surface area contributed by atoms with Crippen LogP contribution in [-0.4, -0.2) is 53.6 Å². The summed E-state index contributed by atoms with van der Waals surface area (Å²) in [6, 6.07) is 12.7. The zero-order valence-corrected chi connectivity index (χ0v) is 22.6. The van der Waals surface area contributed by atoms with Crippen LogP contribution in [-0.2, 0) is 22.6 Å². The first-order chi connectivity index (χ1) is 19.5. The largest absolute Gasteiger partial charge is 0.464 e. The van der Waals surface area contributed by atoms with Crippen LogP contribution < -0.4 is 10.7 Å². The standard InChI is InChI=1S/C31H36FN3O5/c32-24-14-12-22(13-15-24)17-34(18-23-21-40-28-11-5-4-10-27(28)30(23)37)29(36)20-35(19-26-9-6-16-39-26)31(38)33-25-7-2-1-3-8-25/h4-5,10-15,21,25-26H,1-3,6-9,16-20H2,(H,33,38). The third-order valence-electron chi connectivity index (χ3n) is 7.75. The van der Waals surface area contributed by atoms with E-state index in [9.17, 15) is 18.8 Å². The van der Waals surface area contributed by atoms with Crippen molar-refractivity contribution < 1.29 is 23.1 Å². The van der Waals surface area contributed by atoms with Crippen molar-refractivity contribution in [3.8, 4) is 0 Å². The monoisotopic (exact) mass is 549 g/mol. The molecule has 1 unspecified atom stereocenters. The van der Waals surface area contributed by atoms with E-state index in [1.54, 1.807) is 36.4 Å². The molecule has 2 aliphatic rings. The minimum absolute atomic E-state index is 0.0125. The van der Waals surface area contributed by atoms with Crippen LogP contribution in [0.4, 0.5) is 9.18 Å². The Kier molecular flexibility index (Phi) is 9.11. The molecule has 8 nitrogen and oxygen atoms in total. The maximum Gasteiger partial charge on any atom is 0.318 e. The van der Waals surface area contributed by atoms with E-state index in [0.29, 0.717) is 35.2 Å². The normalized spacial score (nSPS) is 17.6. The minimum atomic E-state index is -0.376. The number of amides is 3. The highest BCUT2D eigenvalue weighted by Crippen LogP contribution is 2.19. The summed E-state index contributed by atoms with van der Waals surface area (Å²) in [5.74, 6) is -0.701. The van der Waals surface area contributed by atoms with Crippen LogP contribution in [0.25, 0.3) is 11.0 Å². The highest BCUT2D eigenvalue weighted by molar-refractivity contribution is 5.84. The number of fused-ring (bicyclic) bond motifs is 1. The quantitative estimate of drug-likeness (QED) is 0.406. The van der Waals surface area contributed by atoms with E-state index in [4.69, 9.17) is 9.15 Å². The summed E-state index contributed by atoms with van der Waals surface area (Å²) in [5, 5.41) is 3.56. The maximum absolute atomic E-state index is 13.8. The van der Waals surface area contributed by atoms with Gasteiger partial charge in [0, 0.05) is 25.7 Å². The molecular weight excluding hydrogens is 513 g/mol. The molecule has 1 saturated carbocycles. The van der Waals surface area contributed by atoms with Crippen molar-refractivity contribution in [3.63, 3.8) is 0 Å². The zero-order chi connectivity index (χ0) is 27.9. The predicted octanol–water partition coefficient (Wildman–Crippen LogP) is 4.98. The van der Waals surface area contributed by atoms with Gasteiger partial charge in [0.05, 0.1) is 29.9 Å². The van der Waals surface area contributed by atoms with Crippen LogP contribution in [0.1, 0.15) is 56.1 Å². The van der Waals surface area contributed by atoms with Crippen molar-refractivity contribution in [1.29, 1.82) is 0 Å². The number of ether oxygens (including phenoxy) is 1. The van der Waals surface area contributed by atoms with Gasteiger partial charge >= 0.3 is 6.03 Å². The fraction of sp³-hybridized carbons (Fsp3) is 0.452. The average molecular weight is 550 g/mol. The molecule has 1 N–H and O–H groups in total. The lowest BCUT2D eigenvalue weighted by molar-refractivity contribution is -0.133. The number of benzene rings is 2. The van der Waals surface area contributed by atoms with E-state index >= 15 is 0 Å². The van der Waals surface area contributed by atoms with Gasteiger partial charge in [0.25, 0.3) is 0 Å². The number of carbonyl (C=O) groups is 2. The van der Waals surface area contributed by atoms with Crippen molar-refractivity contribution in [2.75, 3.05) is 19.7 Å². The van der Waals surface area contributed by atoms with Crippen LogP contribution in [0.15, 0.2) is 64.0 Å². The molecule has 1 aliphatic carbocycles. The van der Waals surface area contributed by atoms with E-state index in [1.807, 2.05) is 0 Å². The van der Waals surface area contributed by atoms with Gasteiger partial charge in [0.15, 0.2) is 5.43 Å². The van der Waals surface area contributed by atoms with Crippen molar-refractivity contribution in [1.82, 2.24) is 15.1 Å². The highest BCUT2D eigenvalue weighted by atomic mass is 19.1. The number of nitrogens with one attached hydrogen (secondary N) is 1. The first-order valence-corrected chi connectivity index (χ1v) is 14.1. The first kappa shape index (κ1) is 27.8. The second-order valence-electron chi connectivity index (χ2n) is 10.8. The lowest BCUT2D eigenvalue weighted by atomic mass is 9.96. The predicted molar refractivity (Wildman–Crippen MR) is 149 cm³/mol. The maximum atomic E-state index is 13.8. The lowest BCUT2D eigenvalue weighted by Crippen LogP contribution is -2.51. The number of hydrogen-bond acceptors (Lipinski definition) is 5. The fourth-order valence-corrected chi connectivity index (χ4v) is 5.50. The van der Waals surface area contributed by atoms with Crippen LogP contribution in [0.3, 0.4) is 0 Å². The molecule has 9 heteroatoms. The van der Waals surface area contributed by atoms with Gasteiger partial charge in [-0.2, -0.15) is 0 Å². The van der Waals surface area contributed by atoms with E-state index in [1.165, 1.54) is 34.6 Å². The third-order valence-corrected chi connectivity index (χ3v) is 7.75.